The number of carbonyl (C=O) groups excluding carboxylic acids is 2. The van der Waals surface area contributed by atoms with E-state index in [4.69, 9.17) is 11.6 Å². The van der Waals surface area contributed by atoms with E-state index < -0.39 is 0 Å². The Bertz CT molecular complexity index is 1100. The molecule has 0 radical (unpaired) electrons. The summed E-state index contributed by atoms with van der Waals surface area (Å²) in [6, 6.07) is 12.9. The van der Waals surface area contributed by atoms with E-state index >= 15 is 0 Å². The first-order chi connectivity index (χ1) is 15.4. The van der Waals surface area contributed by atoms with Crippen molar-refractivity contribution in [3.05, 3.63) is 63.1 Å². The zero-order chi connectivity index (χ0) is 23.1. The fourth-order valence-corrected chi connectivity index (χ4v) is 4.13. The van der Waals surface area contributed by atoms with Crippen LogP contribution < -0.4 is 15.5 Å². The summed E-state index contributed by atoms with van der Waals surface area (Å²) in [6.07, 6.45) is 0.659. The molecule has 1 heterocycles. The summed E-state index contributed by atoms with van der Waals surface area (Å²) in [7, 11) is 0. The summed E-state index contributed by atoms with van der Waals surface area (Å²) >= 11 is 7.11. The van der Waals surface area contributed by atoms with Gasteiger partial charge in [-0.1, -0.05) is 29.0 Å². The van der Waals surface area contributed by atoms with E-state index in [0.29, 0.717) is 22.1 Å². The van der Waals surface area contributed by atoms with Crippen molar-refractivity contribution in [1.82, 2.24) is 10.2 Å². The predicted octanol–water partition coefficient (Wildman–Crippen LogP) is 5.17. The van der Waals surface area contributed by atoms with E-state index in [-0.39, 0.29) is 23.2 Å². The normalized spacial score (nSPS) is 10.6. The maximum atomic E-state index is 12.4. The molecule has 2 amide bonds. The van der Waals surface area contributed by atoms with Gasteiger partial charge in [0.05, 0.1) is 0 Å². The predicted molar refractivity (Wildman–Crippen MR) is 131 cm³/mol. The molecule has 0 atom stereocenters. The largest absolute Gasteiger partial charge is 0.372 e. The number of hydrogen-bond donors (Lipinski definition) is 2. The Balaban J connectivity index is 1.53. The van der Waals surface area contributed by atoms with Gasteiger partial charge in [-0.3, -0.25) is 9.59 Å². The molecule has 0 aliphatic rings. The molecule has 0 unspecified atom stereocenters. The Morgan fingerprint density at radius 1 is 1.06 bits per heavy atom. The molecule has 0 saturated carbocycles. The molecular weight excluding hydrogens is 446 g/mol. The summed E-state index contributed by atoms with van der Waals surface area (Å²) in [5, 5.41) is 15.1. The van der Waals surface area contributed by atoms with Crippen LogP contribution in [0, 0.1) is 6.92 Å². The highest BCUT2D eigenvalue weighted by Gasteiger charge is 2.15. The summed E-state index contributed by atoms with van der Waals surface area (Å²) < 4.78 is 0. The molecule has 0 aliphatic carbocycles. The molecule has 7 nitrogen and oxygen atoms in total. The smallest absolute Gasteiger partial charge is 0.286 e. The van der Waals surface area contributed by atoms with Crippen molar-refractivity contribution < 1.29 is 9.59 Å². The zero-order valence-corrected chi connectivity index (χ0v) is 19.9. The topological polar surface area (TPSA) is 87.2 Å². The van der Waals surface area contributed by atoms with Crippen LogP contribution in [0.5, 0.6) is 0 Å². The highest BCUT2D eigenvalue weighted by Crippen LogP contribution is 2.23. The number of rotatable bonds is 9. The summed E-state index contributed by atoms with van der Waals surface area (Å²) in [5.41, 5.74) is 3.53. The molecule has 3 aromatic rings. The number of hydrogen-bond acceptors (Lipinski definition) is 6. The maximum Gasteiger partial charge on any atom is 0.286 e. The molecule has 2 N–H and O–H groups in total. The minimum absolute atomic E-state index is 0.108. The molecular formula is C23H26ClN5O2S. The van der Waals surface area contributed by atoms with Gasteiger partial charge in [-0.15, -0.1) is 10.2 Å². The minimum Gasteiger partial charge on any atom is -0.372 e. The number of halogens is 1. The van der Waals surface area contributed by atoms with Crippen LogP contribution in [0.25, 0.3) is 0 Å². The zero-order valence-electron chi connectivity index (χ0n) is 18.3. The van der Waals surface area contributed by atoms with Crippen LogP contribution in [0.3, 0.4) is 0 Å². The lowest BCUT2D eigenvalue weighted by molar-refractivity contribution is -0.116. The van der Waals surface area contributed by atoms with Gasteiger partial charge < -0.3 is 15.5 Å². The van der Waals surface area contributed by atoms with Gasteiger partial charge in [-0.25, -0.2) is 0 Å². The van der Waals surface area contributed by atoms with E-state index in [9.17, 15) is 9.59 Å². The number of aryl methyl sites for hydroxylation is 2. The molecule has 0 saturated heterocycles. The Morgan fingerprint density at radius 3 is 2.53 bits per heavy atom. The summed E-state index contributed by atoms with van der Waals surface area (Å²) in [4.78, 5) is 27.0. The van der Waals surface area contributed by atoms with Crippen LogP contribution in [0.2, 0.25) is 5.02 Å². The van der Waals surface area contributed by atoms with Gasteiger partial charge in [0.2, 0.25) is 10.9 Å². The van der Waals surface area contributed by atoms with Gasteiger partial charge in [0.25, 0.3) is 5.91 Å². The number of aromatic nitrogens is 2. The maximum absolute atomic E-state index is 12.4. The first kappa shape index (κ1) is 23.7. The van der Waals surface area contributed by atoms with Crippen molar-refractivity contribution in [1.29, 1.82) is 0 Å². The number of nitrogens with one attached hydrogen (secondary N) is 2. The Hall–Kier alpha value is -2.97. The molecule has 2 aromatic carbocycles. The molecule has 0 fully saturated rings. The Labute approximate surface area is 196 Å². The van der Waals surface area contributed by atoms with Crippen molar-refractivity contribution in [2.75, 3.05) is 28.6 Å². The van der Waals surface area contributed by atoms with Crippen molar-refractivity contribution >= 4 is 51.8 Å². The fraction of sp³-hybridized carbons (Fsp3) is 0.304. The molecule has 0 spiro atoms. The van der Waals surface area contributed by atoms with Gasteiger partial charge in [-0.05, 0) is 62.7 Å². The monoisotopic (exact) mass is 471 g/mol. The van der Waals surface area contributed by atoms with Crippen molar-refractivity contribution in [2.45, 2.75) is 33.6 Å². The van der Waals surface area contributed by atoms with Crippen LogP contribution >= 0.6 is 22.9 Å². The Kier molecular flexibility index (Phi) is 8.19. The lowest BCUT2D eigenvalue weighted by Crippen LogP contribution is -2.22. The first-order valence-corrected chi connectivity index (χ1v) is 11.6. The first-order valence-electron chi connectivity index (χ1n) is 10.4. The third-order valence-electron chi connectivity index (χ3n) is 4.92. The van der Waals surface area contributed by atoms with Gasteiger partial charge in [0.1, 0.15) is 5.01 Å². The average molecular weight is 472 g/mol. The van der Waals surface area contributed by atoms with Crippen LogP contribution in [0.4, 0.5) is 17.1 Å². The van der Waals surface area contributed by atoms with E-state index in [2.05, 4.69) is 45.6 Å². The third kappa shape index (κ3) is 6.27. The molecule has 0 aliphatic heterocycles. The third-order valence-corrected chi connectivity index (χ3v) is 6.14. The number of anilines is 3. The lowest BCUT2D eigenvalue weighted by atomic mass is 10.1. The van der Waals surface area contributed by atoms with Crippen LogP contribution in [-0.4, -0.2) is 35.1 Å². The van der Waals surface area contributed by atoms with Crippen molar-refractivity contribution in [3.63, 3.8) is 0 Å². The highest BCUT2D eigenvalue weighted by molar-refractivity contribution is 7.13. The van der Waals surface area contributed by atoms with Crippen LogP contribution in [-0.2, 0) is 11.2 Å². The fourth-order valence-electron chi connectivity index (χ4n) is 3.20. The standard InChI is InChI=1S/C23H26ClN5O2S/c1-4-29(5-2)18-9-10-19(15(3)13-18)26-20(30)11-12-21-27-28-23(32-21)22(31)25-17-8-6-7-16(24)14-17/h6-10,13-14H,4-5,11-12H2,1-3H3,(H,25,31)(H,26,30). The van der Waals surface area contributed by atoms with Crippen molar-refractivity contribution in [2.24, 2.45) is 0 Å². The number of carbonyl (C=O) groups is 2. The van der Waals surface area contributed by atoms with Crippen molar-refractivity contribution in [3.8, 4) is 0 Å². The van der Waals surface area contributed by atoms with Gasteiger partial charge in [0.15, 0.2) is 0 Å². The molecule has 0 bridgehead atoms. The van der Waals surface area contributed by atoms with Gasteiger partial charge in [0, 0.05) is 48.0 Å². The SMILES string of the molecule is CCN(CC)c1ccc(NC(=O)CCc2nnc(C(=O)Nc3cccc(Cl)c3)s2)c(C)c1. The lowest BCUT2D eigenvalue weighted by Gasteiger charge is -2.22. The van der Waals surface area contributed by atoms with E-state index in [1.807, 2.05) is 19.1 Å². The van der Waals surface area contributed by atoms with Crippen LogP contribution in [0.15, 0.2) is 42.5 Å². The number of amides is 2. The average Bonchev–Trinajstić information content (AvgIpc) is 3.24. The second kappa shape index (κ2) is 11.1. The second-order valence-corrected chi connectivity index (χ2v) is 8.68. The van der Waals surface area contributed by atoms with E-state index in [0.717, 1.165) is 30.0 Å². The minimum atomic E-state index is -0.357. The molecule has 3 rings (SSSR count). The summed E-state index contributed by atoms with van der Waals surface area (Å²) in [6.45, 7) is 8.09. The van der Waals surface area contributed by atoms with Crippen LogP contribution in [0.1, 0.15) is 40.6 Å². The second-order valence-electron chi connectivity index (χ2n) is 7.19. The van der Waals surface area contributed by atoms with E-state index in [1.54, 1.807) is 24.3 Å². The quantitative estimate of drug-likeness (QED) is 0.449. The Morgan fingerprint density at radius 2 is 1.84 bits per heavy atom. The molecule has 9 heteroatoms. The highest BCUT2D eigenvalue weighted by atomic mass is 35.5. The van der Waals surface area contributed by atoms with Gasteiger partial charge >= 0.3 is 0 Å². The molecule has 168 valence electrons. The number of nitrogens with zero attached hydrogens (tertiary/aromatic N) is 3. The van der Waals surface area contributed by atoms with Gasteiger partial charge in [-0.2, -0.15) is 0 Å². The molecule has 1 aromatic heterocycles. The van der Waals surface area contributed by atoms with E-state index in [1.165, 1.54) is 11.3 Å². The number of benzene rings is 2. The summed E-state index contributed by atoms with van der Waals surface area (Å²) in [5.74, 6) is -0.465. The molecule has 32 heavy (non-hydrogen) atoms.